The molecule has 1 aliphatic heterocycles. The molecule has 1 fully saturated rings. The second-order valence-electron chi connectivity index (χ2n) is 7.78. The molecule has 0 saturated heterocycles. The molecule has 144 valence electrons. The van der Waals surface area contributed by atoms with Gasteiger partial charge in [0.2, 0.25) is 0 Å². The molecule has 2 aromatic carbocycles. The Kier molecular flexibility index (Phi) is 3.84. The first-order valence-corrected chi connectivity index (χ1v) is 10.9. The zero-order valence-electron chi connectivity index (χ0n) is 15.7. The SMILES string of the molecule is O=c1cc(Cc2cccc3ccccc23)c(C2CC2)c2n1[C@H](c1nn[nH]n1)CS2. The Hall–Kier alpha value is -2.93. The molecule has 1 saturated carbocycles. The van der Waals surface area contributed by atoms with Gasteiger partial charge in [-0.2, -0.15) is 5.21 Å². The molecule has 2 aliphatic rings. The standard InChI is InChI=1S/C22H19N5OS/c28-19-11-16(10-15-6-3-5-13-4-1-2-7-17(13)15)20(14-8-9-14)22-27(19)18(12-29-22)21-23-25-26-24-21/h1-7,11,14,18H,8-10,12H2,(H,23,24,25,26)/t18-/m0/s1. The smallest absolute Gasteiger partial charge is 0.252 e. The number of tetrazole rings is 1. The van der Waals surface area contributed by atoms with Crippen LogP contribution in [-0.2, 0) is 6.42 Å². The van der Waals surface area contributed by atoms with E-state index in [2.05, 4.69) is 63.1 Å². The number of hydrogen-bond donors (Lipinski definition) is 1. The summed E-state index contributed by atoms with van der Waals surface area (Å²) < 4.78 is 1.88. The van der Waals surface area contributed by atoms with Gasteiger partial charge in [-0.1, -0.05) is 47.7 Å². The van der Waals surface area contributed by atoms with Crippen LogP contribution in [0, 0.1) is 0 Å². The third-order valence-electron chi connectivity index (χ3n) is 5.93. The Morgan fingerprint density at radius 2 is 1.97 bits per heavy atom. The number of nitrogens with one attached hydrogen (secondary N) is 1. The number of aromatic nitrogens is 5. The van der Waals surface area contributed by atoms with E-state index in [9.17, 15) is 4.79 Å². The van der Waals surface area contributed by atoms with Crippen molar-refractivity contribution in [3.05, 3.63) is 81.4 Å². The van der Waals surface area contributed by atoms with Gasteiger partial charge in [0.15, 0.2) is 5.82 Å². The van der Waals surface area contributed by atoms with Crippen molar-refractivity contribution in [2.45, 2.75) is 36.2 Å². The summed E-state index contributed by atoms with van der Waals surface area (Å²) in [4.78, 5) is 13.2. The first kappa shape index (κ1) is 17.0. The van der Waals surface area contributed by atoms with Crippen LogP contribution in [0.1, 0.15) is 47.3 Å². The van der Waals surface area contributed by atoms with Crippen molar-refractivity contribution in [1.29, 1.82) is 0 Å². The Bertz CT molecular complexity index is 1270. The van der Waals surface area contributed by atoms with Crippen LogP contribution in [0.25, 0.3) is 10.8 Å². The minimum Gasteiger partial charge on any atom is -0.291 e. The van der Waals surface area contributed by atoms with Crippen molar-refractivity contribution in [3.8, 4) is 0 Å². The maximum absolute atomic E-state index is 13.2. The molecular formula is C22H19N5OS. The fourth-order valence-corrected chi connectivity index (χ4v) is 5.87. The highest BCUT2D eigenvalue weighted by molar-refractivity contribution is 7.99. The molecule has 3 heterocycles. The van der Waals surface area contributed by atoms with Gasteiger partial charge in [-0.05, 0) is 52.6 Å². The van der Waals surface area contributed by atoms with Crippen LogP contribution >= 0.6 is 11.8 Å². The fraction of sp³-hybridized carbons (Fsp3) is 0.273. The average Bonchev–Trinajstić information content (AvgIpc) is 3.24. The highest BCUT2D eigenvalue weighted by Gasteiger charge is 2.37. The van der Waals surface area contributed by atoms with Crippen LogP contribution in [-0.4, -0.2) is 30.9 Å². The Balaban J connectivity index is 1.49. The number of fused-ring (bicyclic) bond motifs is 2. The first-order valence-electron chi connectivity index (χ1n) is 9.90. The second-order valence-corrected chi connectivity index (χ2v) is 8.79. The van der Waals surface area contributed by atoms with Crippen LogP contribution in [0.2, 0.25) is 0 Å². The van der Waals surface area contributed by atoms with E-state index < -0.39 is 0 Å². The number of benzene rings is 2. The number of aromatic amines is 1. The average molecular weight is 401 g/mol. The van der Waals surface area contributed by atoms with Gasteiger partial charge in [0.25, 0.3) is 5.56 Å². The normalized spacial score (nSPS) is 18.3. The lowest BCUT2D eigenvalue weighted by atomic mass is 9.95. The highest BCUT2D eigenvalue weighted by atomic mass is 32.2. The minimum absolute atomic E-state index is 0.0273. The summed E-state index contributed by atoms with van der Waals surface area (Å²) in [7, 11) is 0. The number of thioether (sulfide) groups is 1. The minimum atomic E-state index is -0.148. The molecular weight excluding hydrogens is 382 g/mol. The van der Waals surface area contributed by atoms with Crippen molar-refractivity contribution in [2.75, 3.05) is 5.75 Å². The monoisotopic (exact) mass is 401 g/mol. The molecule has 1 N–H and O–H groups in total. The van der Waals surface area contributed by atoms with Crippen LogP contribution < -0.4 is 5.56 Å². The van der Waals surface area contributed by atoms with E-state index in [1.807, 2.05) is 10.6 Å². The largest absolute Gasteiger partial charge is 0.291 e. The highest BCUT2D eigenvalue weighted by Crippen LogP contribution is 2.49. The molecule has 1 atom stereocenters. The van der Waals surface area contributed by atoms with E-state index in [0.717, 1.165) is 17.2 Å². The maximum atomic E-state index is 13.2. The van der Waals surface area contributed by atoms with E-state index in [-0.39, 0.29) is 11.6 Å². The first-order chi connectivity index (χ1) is 14.3. The summed E-state index contributed by atoms with van der Waals surface area (Å²) in [6.07, 6.45) is 3.17. The topological polar surface area (TPSA) is 76.5 Å². The summed E-state index contributed by atoms with van der Waals surface area (Å²) in [5, 5.41) is 18.1. The van der Waals surface area contributed by atoms with Crippen molar-refractivity contribution < 1.29 is 0 Å². The van der Waals surface area contributed by atoms with Crippen molar-refractivity contribution >= 4 is 22.5 Å². The molecule has 4 aromatic rings. The summed E-state index contributed by atoms with van der Waals surface area (Å²) in [5.74, 6) is 1.91. The summed E-state index contributed by atoms with van der Waals surface area (Å²) in [5.41, 5.74) is 3.82. The quantitative estimate of drug-likeness (QED) is 0.565. The molecule has 1 aliphatic carbocycles. The molecule has 0 unspecified atom stereocenters. The van der Waals surface area contributed by atoms with Crippen LogP contribution in [0.5, 0.6) is 0 Å². The summed E-state index contributed by atoms with van der Waals surface area (Å²) in [6, 6.07) is 16.6. The number of hydrogen-bond acceptors (Lipinski definition) is 5. The molecule has 0 radical (unpaired) electrons. The van der Waals surface area contributed by atoms with Crippen LogP contribution in [0.15, 0.2) is 58.4 Å². The van der Waals surface area contributed by atoms with E-state index in [1.54, 1.807) is 11.8 Å². The zero-order chi connectivity index (χ0) is 19.4. The van der Waals surface area contributed by atoms with Gasteiger partial charge in [0.05, 0.1) is 5.03 Å². The molecule has 0 amide bonds. The lowest BCUT2D eigenvalue weighted by molar-refractivity contribution is 0.557. The molecule has 7 heteroatoms. The summed E-state index contributed by atoms with van der Waals surface area (Å²) in [6.45, 7) is 0. The van der Waals surface area contributed by atoms with Gasteiger partial charge >= 0.3 is 0 Å². The number of H-pyrrole nitrogens is 1. The van der Waals surface area contributed by atoms with E-state index in [0.29, 0.717) is 11.7 Å². The number of pyridine rings is 1. The predicted molar refractivity (Wildman–Crippen MR) is 112 cm³/mol. The van der Waals surface area contributed by atoms with Gasteiger partial charge in [0.1, 0.15) is 6.04 Å². The molecule has 2 aromatic heterocycles. The zero-order valence-corrected chi connectivity index (χ0v) is 16.5. The number of rotatable bonds is 4. The van der Waals surface area contributed by atoms with E-state index >= 15 is 0 Å². The van der Waals surface area contributed by atoms with Crippen molar-refractivity contribution in [2.24, 2.45) is 0 Å². The fourth-order valence-electron chi connectivity index (χ4n) is 4.45. The Morgan fingerprint density at radius 3 is 2.79 bits per heavy atom. The van der Waals surface area contributed by atoms with Gasteiger partial charge in [0, 0.05) is 11.8 Å². The van der Waals surface area contributed by atoms with E-state index in [4.69, 9.17) is 0 Å². The molecule has 0 bridgehead atoms. The summed E-state index contributed by atoms with van der Waals surface area (Å²) >= 11 is 1.75. The van der Waals surface area contributed by atoms with Gasteiger partial charge < -0.3 is 0 Å². The molecule has 6 nitrogen and oxygen atoms in total. The molecule has 6 rings (SSSR count). The van der Waals surface area contributed by atoms with E-state index in [1.165, 1.54) is 40.3 Å². The van der Waals surface area contributed by atoms with Gasteiger partial charge in [-0.3, -0.25) is 9.36 Å². The third-order valence-corrected chi connectivity index (χ3v) is 7.10. The van der Waals surface area contributed by atoms with Crippen LogP contribution in [0.3, 0.4) is 0 Å². The van der Waals surface area contributed by atoms with Gasteiger partial charge in [-0.25, -0.2) is 0 Å². The molecule has 29 heavy (non-hydrogen) atoms. The Morgan fingerprint density at radius 1 is 1.10 bits per heavy atom. The van der Waals surface area contributed by atoms with Gasteiger partial charge in [-0.15, -0.1) is 22.0 Å². The molecule has 0 spiro atoms. The maximum Gasteiger partial charge on any atom is 0.252 e. The lowest BCUT2D eigenvalue weighted by Crippen LogP contribution is -2.26. The second kappa shape index (κ2) is 6.56. The third kappa shape index (κ3) is 2.80. The van der Waals surface area contributed by atoms with Crippen molar-refractivity contribution in [1.82, 2.24) is 25.2 Å². The lowest BCUT2D eigenvalue weighted by Gasteiger charge is -2.17. The van der Waals surface area contributed by atoms with Crippen molar-refractivity contribution in [3.63, 3.8) is 0 Å². The predicted octanol–water partition coefficient (Wildman–Crippen LogP) is 3.68. The Labute approximate surface area is 171 Å². The van der Waals surface area contributed by atoms with Crippen LogP contribution in [0.4, 0.5) is 0 Å². The number of nitrogens with zero attached hydrogens (tertiary/aromatic N) is 4.